The van der Waals surface area contributed by atoms with Crippen LogP contribution in [0.3, 0.4) is 0 Å². The Kier molecular flexibility index (Phi) is 2.69. The lowest BCUT2D eigenvalue weighted by Gasteiger charge is -2.04. The maximum absolute atomic E-state index is 13.3. The highest BCUT2D eigenvalue weighted by Gasteiger charge is 2.09. The second-order valence-corrected chi connectivity index (χ2v) is 3.52. The largest absolute Gasteiger partial charge is 0.338 e. The van der Waals surface area contributed by atoms with Crippen LogP contribution in [0.1, 0.15) is 17.0 Å². The monoisotopic (exact) mass is 215 g/mol. The summed E-state index contributed by atoms with van der Waals surface area (Å²) in [6.07, 6.45) is 3.96. The zero-order valence-electron chi connectivity index (χ0n) is 8.81. The van der Waals surface area contributed by atoms with Gasteiger partial charge in [0, 0.05) is 25.9 Å². The highest BCUT2D eigenvalue weighted by molar-refractivity contribution is 5.40. The summed E-state index contributed by atoms with van der Waals surface area (Å²) in [6, 6.07) is 6.53. The minimum Gasteiger partial charge on any atom is -0.338 e. The predicted octanol–water partition coefficient (Wildman–Crippen LogP) is 2.02. The van der Waals surface area contributed by atoms with Gasteiger partial charge in [0.25, 0.3) is 0 Å². The molecule has 0 unspecified atom stereocenters. The molecule has 1 aromatic carbocycles. The molecule has 0 aliphatic carbocycles. The summed E-state index contributed by atoms with van der Waals surface area (Å²) in [5.74, 6) is 0.330. The molecule has 3 nitrogen and oxygen atoms in total. The van der Waals surface area contributed by atoms with Gasteiger partial charge in [-0.3, -0.25) is 0 Å². The summed E-state index contributed by atoms with van der Waals surface area (Å²) >= 11 is 0. The number of nitrogens with zero attached hydrogens (tertiary/aromatic N) is 3. The molecule has 0 aliphatic rings. The first kappa shape index (κ1) is 10.4. The summed E-state index contributed by atoms with van der Waals surface area (Å²) in [4.78, 5) is 4.15. The standard InChI is InChI=1S/C12H10FN3/c1-16-6-5-15-12(16)7-9-3-2-4-11(13)10(9)8-14/h2-6H,7H2,1H3. The molecule has 0 fully saturated rings. The zero-order chi connectivity index (χ0) is 11.5. The Balaban J connectivity index is 2.40. The summed E-state index contributed by atoms with van der Waals surface area (Å²) in [6.45, 7) is 0. The van der Waals surface area contributed by atoms with Crippen LogP contribution in [-0.2, 0) is 13.5 Å². The molecule has 1 heterocycles. The zero-order valence-corrected chi connectivity index (χ0v) is 8.81. The van der Waals surface area contributed by atoms with Crippen LogP contribution in [0.5, 0.6) is 0 Å². The number of hydrogen-bond donors (Lipinski definition) is 0. The molecule has 0 aliphatic heterocycles. The average molecular weight is 215 g/mol. The third-order valence-electron chi connectivity index (χ3n) is 2.48. The van der Waals surface area contributed by atoms with Crippen molar-refractivity contribution in [2.24, 2.45) is 7.05 Å². The van der Waals surface area contributed by atoms with Crippen molar-refractivity contribution in [3.05, 3.63) is 53.4 Å². The van der Waals surface area contributed by atoms with Gasteiger partial charge in [0.2, 0.25) is 0 Å². The number of aryl methyl sites for hydroxylation is 1. The van der Waals surface area contributed by atoms with Crippen molar-refractivity contribution in [1.82, 2.24) is 9.55 Å². The van der Waals surface area contributed by atoms with E-state index in [1.807, 2.05) is 23.9 Å². The second kappa shape index (κ2) is 4.15. The highest BCUT2D eigenvalue weighted by Crippen LogP contribution is 2.15. The van der Waals surface area contributed by atoms with Crippen LogP contribution in [0.4, 0.5) is 4.39 Å². The van der Waals surface area contributed by atoms with Crippen LogP contribution >= 0.6 is 0 Å². The lowest BCUT2D eigenvalue weighted by atomic mass is 10.0. The molecule has 0 saturated carbocycles. The third kappa shape index (κ3) is 1.80. The summed E-state index contributed by atoms with van der Waals surface area (Å²) in [5.41, 5.74) is 0.766. The Bertz CT molecular complexity index is 552. The van der Waals surface area contributed by atoms with Crippen molar-refractivity contribution in [3.63, 3.8) is 0 Å². The molecule has 4 heteroatoms. The number of imidazole rings is 1. The SMILES string of the molecule is Cn1ccnc1Cc1cccc(F)c1C#N. The predicted molar refractivity (Wildman–Crippen MR) is 57.1 cm³/mol. The maximum Gasteiger partial charge on any atom is 0.141 e. The molecule has 0 saturated heterocycles. The van der Waals surface area contributed by atoms with Crippen molar-refractivity contribution >= 4 is 0 Å². The number of hydrogen-bond acceptors (Lipinski definition) is 2. The molecule has 2 aromatic rings. The Labute approximate surface area is 92.8 Å². The van der Waals surface area contributed by atoms with Crippen molar-refractivity contribution < 1.29 is 4.39 Å². The Morgan fingerprint density at radius 1 is 1.50 bits per heavy atom. The first-order valence-corrected chi connectivity index (χ1v) is 4.86. The van der Waals surface area contributed by atoms with Crippen LogP contribution in [0, 0.1) is 17.1 Å². The molecule has 0 radical (unpaired) electrons. The van der Waals surface area contributed by atoms with Gasteiger partial charge in [-0.2, -0.15) is 5.26 Å². The van der Waals surface area contributed by atoms with Crippen molar-refractivity contribution in [2.45, 2.75) is 6.42 Å². The van der Waals surface area contributed by atoms with Crippen LogP contribution in [0.2, 0.25) is 0 Å². The Morgan fingerprint density at radius 3 is 2.94 bits per heavy atom. The smallest absolute Gasteiger partial charge is 0.141 e. The molecule has 2 rings (SSSR count). The van der Waals surface area contributed by atoms with E-state index in [0.29, 0.717) is 12.0 Å². The number of benzene rings is 1. The normalized spacial score (nSPS) is 10.1. The van der Waals surface area contributed by atoms with Gasteiger partial charge in [0.1, 0.15) is 17.7 Å². The van der Waals surface area contributed by atoms with Crippen LogP contribution in [0.15, 0.2) is 30.6 Å². The van der Waals surface area contributed by atoms with Crippen molar-refractivity contribution in [3.8, 4) is 6.07 Å². The van der Waals surface area contributed by atoms with Gasteiger partial charge in [0.05, 0.1) is 5.56 Å². The highest BCUT2D eigenvalue weighted by atomic mass is 19.1. The number of nitriles is 1. The molecular formula is C12H10FN3. The minimum atomic E-state index is -0.478. The number of aromatic nitrogens is 2. The van der Waals surface area contributed by atoms with E-state index < -0.39 is 5.82 Å². The molecule has 0 atom stereocenters. The summed E-state index contributed by atoms with van der Waals surface area (Å²) < 4.78 is 15.2. The van der Waals surface area contributed by atoms with Gasteiger partial charge in [0.15, 0.2) is 0 Å². The van der Waals surface area contributed by atoms with Gasteiger partial charge < -0.3 is 4.57 Å². The quantitative estimate of drug-likeness (QED) is 0.769. The first-order chi connectivity index (χ1) is 7.72. The van der Waals surface area contributed by atoms with E-state index in [9.17, 15) is 4.39 Å². The fourth-order valence-electron chi connectivity index (χ4n) is 1.58. The average Bonchev–Trinajstić information content (AvgIpc) is 2.65. The molecule has 16 heavy (non-hydrogen) atoms. The lowest BCUT2D eigenvalue weighted by molar-refractivity contribution is 0.621. The molecule has 0 amide bonds. The van der Waals surface area contributed by atoms with Gasteiger partial charge in [-0.05, 0) is 11.6 Å². The number of halogens is 1. The molecular weight excluding hydrogens is 205 g/mol. The van der Waals surface area contributed by atoms with Gasteiger partial charge >= 0.3 is 0 Å². The minimum absolute atomic E-state index is 0.102. The van der Waals surface area contributed by atoms with Crippen LogP contribution < -0.4 is 0 Å². The molecule has 0 bridgehead atoms. The van der Waals surface area contributed by atoms with Crippen LogP contribution in [0.25, 0.3) is 0 Å². The number of rotatable bonds is 2. The van der Waals surface area contributed by atoms with E-state index in [1.165, 1.54) is 6.07 Å². The molecule has 1 aromatic heterocycles. The Hall–Kier alpha value is -2.15. The van der Waals surface area contributed by atoms with E-state index in [-0.39, 0.29) is 5.56 Å². The van der Waals surface area contributed by atoms with E-state index in [0.717, 1.165) is 5.82 Å². The van der Waals surface area contributed by atoms with E-state index >= 15 is 0 Å². The molecule has 0 N–H and O–H groups in total. The van der Waals surface area contributed by atoms with E-state index in [4.69, 9.17) is 5.26 Å². The first-order valence-electron chi connectivity index (χ1n) is 4.86. The summed E-state index contributed by atoms with van der Waals surface area (Å²) in [7, 11) is 1.87. The fourth-order valence-corrected chi connectivity index (χ4v) is 1.58. The maximum atomic E-state index is 13.3. The van der Waals surface area contributed by atoms with Crippen molar-refractivity contribution in [2.75, 3.05) is 0 Å². The van der Waals surface area contributed by atoms with Crippen LogP contribution in [-0.4, -0.2) is 9.55 Å². The van der Waals surface area contributed by atoms with Gasteiger partial charge in [-0.25, -0.2) is 9.37 Å². The fraction of sp³-hybridized carbons (Fsp3) is 0.167. The molecule has 0 spiro atoms. The van der Waals surface area contributed by atoms with Gasteiger partial charge in [-0.1, -0.05) is 12.1 Å². The second-order valence-electron chi connectivity index (χ2n) is 3.52. The Morgan fingerprint density at radius 2 is 2.31 bits per heavy atom. The summed E-state index contributed by atoms with van der Waals surface area (Å²) in [5, 5.41) is 8.88. The molecule has 80 valence electrons. The topological polar surface area (TPSA) is 41.6 Å². The lowest BCUT2D eigenvalue weighted by Crippen LogP contribution is -2.01. The van der Waals surface area contributed by atoms with Gasteiger partial charge in [-0.15, -0.1) is 0 Å². The van der Waals surface area contributed by atoms with Crippen molar-refractivity contribution in [1.29, 1.82) is 5.26 Å². The van der Waals surface area contributed by atoms with E-state index in [2.05, 4.69) is 4.98 Å². The third-order valence-corrected chi connectivity index (χ3v) is 2.48. The van der Waals surface area contributed by atoms with E-state index in [1.54, 1.807) is 18.3 Å².